The van der Waals surface area contributed by atoms with E-state index in [-0.39, 0.29) is 0 Å². The monoisotopic (exact) mass is 505 g/mol. The van der Waals surface area contributed by atoms with Crippen molar-refractivity contribution in [1.82, 2.24) is 0 Å². The van der Waals surface area contributed by atoms with Crippen LogP contribution in [0, 0.1) is 0 Å². The van der Waals surface area contributed by atoms with Gasteiger partial charge < -0.3 is 19.0 Å². The third-order valence-electron chi connectivity index (χ3n) is 5.70. The topological polar surface area (TPSA) is 49.3 Å². The molecule has 0 amide bonds. The number of benzene rings is 4. The molecule has 0 aromatic heterocycles. The summed E-state index contributed by atoms with van der Waals surface area (Å²) in [5.41, 5.74) is 4.87. The van der Waals surface area contributed by atoms with Crippen LogP contribution in [0.25, 0.3) is 12.2 Å². The lowest BCUT2D eigenvalue weighted by Gasteiger charge is -2.06. The van der Waals surface area contributed by atoms with Gasteiger partial charge in [0.25, 0.3) is 0 Å². The van der Waals surface area contributed by atoms with E-state index in [9.17, 15) is 0 Å². The molecule has 0 spiro atoms. The van der Waals surface area contributed by atoms with E-state index in [4.69, 9.17) is 19.0 Å². The number of nitrogens with zero attached hydrogens (tertiary/aromatic N) is 1. The molecule has 0 unspecified atom stereocenters. The van der Waals surface area contributed by atoms with Crippen LogP contribution in [0.1, 0.15) is 22.3 Å². The minimum atomic E-state index is 0.352. The molecule has 4 aromatic rings. The third kappa shape index (κ3) is 8.42. The predicted octanol–water partition coefficient (Wildman–Crippen LogP) is 7.58. The van der Waals surface area contributed by atoms with E-state index in [0.717, 1.165) is 39.5 Å². The van der Waals surface area contributed by atoms with Gasteiger partial charge >= 0.3 is 0 Å². The van der Waals surface area contributed by atoms with Crippen molar-refractivity contribution in [3.63, 3.8) is 0 Å². The first-order valence-electron chi connectivity index (χ1n) is 12.3. The molecule has 4 aromatic carbocycles. The molecule has 5 heteroatoms. The van der Waals surface area contributed by atoms with Crippen LogP contribution in [-0.2, 0) is 18.1 Å². The Hall–Kier alpha value is -4.77. The maximum Gasteiger partial charge on any atom is 0.142 e. The summed E-state index contributed by atoms with van der Waals surface area (Å²) in [6.45, 7) is 0.889. The van der Waals surface area contributed by atoms with E-state index in [0.29, 0.717) is 18.9 Å². The van der Waals surface area contributed by atoms with Crippen molar-refractivity contribution in [2.75, 3.05) is 14.2 Å². The number of hydrogen-bond acceptors (Lipinski definition) is 5. The fourth-order valence-corrected chi connectivity index (χ4v) is 3.51. The van der Waals surface area contributed by atoms with E-state index in [1.807, 2.05) is 127 Å². The number of methoxy groups -OCH3 is 2. The molecule has 38 heavy (non-hydrogen) atoms. The lowest BCUT2D eigenvalue weighted by atomic mass is 10.1. The van der Waals surface area contributed by atoms with Gasteiger partial charge in [-0.1, -0.05) is 84.0 Å². The van der Waals surface area contributed by atoms with Crippen molar-refractivity contribution < 1.29 is 19.0 Å². The second kappa shape index (κ2) is 14.1. The third-order valence-corrected chi connectivity index (χ3v) is 5.70. The number of oxime groups is 1. The molecule has 0 fully saturated rings. The molecule has 4 rings (SSSR count). The second-order valence-corrected chi connectivity index (χ2v) is 8.42. The molecule has 0 bridgehead atoms. The van der Waals surface area contributed by atoms with Crippen LogP contribution in [0.5, 0.6) is 17.2 Å². The molecule has 0 aliphatic heterocycles. The minimum absolute atomic E-state index is 0.352. The lowest BCUT2D eigenvalue weighted by molar-refractivity contribution is 0.131. The average Bonchev–Trinajstić information content (AvgIpc) is 2.99. The zero-order chi connectivity index (χ0) is 26.4. The van der Waals surface area contributed by atoms with E-state index >= 15 is 0 Å². The zero-order valence-corrected chi connectivity index (χ0v) is 21.6. The van der Waals surface area contributed by atoms with Crippen molar-refractivity contribution in [2.24, 2.45) is 5.16 Å². The van der Waals surface area contributed by atoms with Gasteiger partial charge in [0, 0.05) is 0 Å². The first kappa shape index (κ1) is 26.3. The Kier molecular flexibility index (Phi) is 9.75. The molecule has 0 aliphatic carbocycles. The standard InChI is InChI=1S/C33H31NO4/c1-35-31-18-10-26(11-19-31)8-16-30(34-38-25-29-14-20-32(36-2)21-15-29)17-9-27-12-22-33(23-13-27)37-24-28-6-4-3-5-7-28/h3-23H,24-25H2,1-2H3/b16-8+,17-9+,34-30+. The summed E-state index contributed by atoms with van der Waals surface area (Å²) in [5.74, 6) is 2.44. The van der Waals surface area contributed by atoms with Gasteiger partial charge in [0.1, 0.15) is 36.2 Å². The van der Waals surface area contributed by atoms with Gasteiger partial charge in [-0.05, 0) is 70.8 Å². The lowest BCUT2D eigenvalue weighted by Crippen LogP contribution is -1.95. The highest BCUT2D eigenvalue weighted by molar-refractivity contribution is 6.08. The molecular formula is C33H31NO4. The van der Waals surface area contributed by atoms with E-state index in [1.54, 1.807) is 14.2 Å². The van der Waals surface area contributed by atoms with E-state index in [1.165, 1.54) is 0 Å². The summed E-state index contributed by atoms with van der Waals surface area (Å²) < 4.78 is 16.3. The first-order valence-corrected chi connectivity index (χ1v) is 12.3. The molecule has 0 N–H and O–H groups in total. The Bertz CT molecular complexity index is 1340. The number of rotatable bonds is 12. The SMILES string of the molecule is COc1ccc(/C=C/C(/C=C/c2ccc(OCc3ccccc3)cc2)=N\OCc2ccc(OC)cc2)cc1. The van der Waals surface area contributed by atoms with Gasteiger partial charge in [0.2, 0.25) is 0 Å². The van der Waals surface area contributed by atoms with Crippen LogP contribution in [0.3, 0.4) is 0 Å². The molecule has 192 valence electrons. The van der Waals surface area contributed by atoms with Crippen molar-refractivity contribution in [2.45, 2.75) is 13.2 Å². The van der Waals surface area contributed by atoms with Crippen molar-refractivity contribution >= 4 is 17.9 Å². The van der Waals surface area contributed by atoms with Gasteiger partial charge in [-0.3, -0.25) is 0 Å². The largest absolute Gasteiger partial charge is 0.497 e. The average molecular weight is 506 g/mol. The summed E-state index contributed by atoms with van der Waals surface area (Å²) in [7, 11) is 3.30. The summed E-state index contributed by atoms with van der Waals surface area (Å²) in [6.07, 6.45) is 7.83. The highest BCUT2D eigenvalue weighted by Crippen LogP contribution is 2.16. The van der Waals surface area contributed by atoms with Crippen molar-refractivity contribution in [1.29, 1.82) is 0 Å². The van der Waals surface area contributed by atoms with E-state index < -0.39 is 0 Å². The summed E-state index contributed by atoms with van der Waals surface area (Å²) in [4.78, 5) is 5.67. The quantitative estimate of drug-likeness (QED) is 0.147. The summed E-state index contributed by atoms with van der Waals surface area (Å²) in [6, 6.07) is 33.6. The Balaban J connectivity index is 1.42. The van der Waals surface area contributed by atoms with Gasteiger partial charge in [-0.2, -0.15) is 0 Å². The molecule has 0 radical (unpaired) electrons. The Morgan fingerprint density at radius 2 is 1.08 bits per heavy atom. The zero-order valence-electron chi connectivity index (χ0n) is 21.6. The van der Waals surface area contributed by atoms with Gasteiger partial charge in [-0.15, -0.1) is 0 Å². The maximum absolute atomic E-state index is 5.89. The predicted molar refractivity (Wildman–Crippen MR) is 153 cm³/mol. The van der Waals surface area contributed by atoms with Gasteiger partial charge in [-0.25, -0.2) is 0 Å². The molecule has 0 aliphatic rings. The maximum atomic E-state index is 5.89. The molecule has 5 nitrogen and oxygen atoms in total. The fourth-order valence-electron chi connectivity index (χ4n) is 3.51. The minimum Gasteiger partial charge on any atom is -0.497 e. The Morgan fingerprint density at radius 1 is 0.579 bits per heavy atom. The first-order chi connectivity index (χ1) is 18.7. The molecule has 0 saturated carbocycles. The van der Waals surface area contributed by atoms with E-state index in [2.05, 4.69) is 5.16 Å². The highest BCUT2D eigenvalue weighted by Gasteiger charge is 1.99. The molecular weight excluding hydrogens is 474 g/mol. The Morgan fingerprint density at radius 3 is 1.63 bits per heavy atom. The van der Waals surface area contributed by atoms with Gasteiger partial charge in [0.15, 0.2) is 0 Å². The van der Waals surface area contributed by atoms with Crippen LogP contribution in [-0.4, -0.2) is 19.9 Å². The Labute approximate surface area is 224 Å². The van der Waals surface area contributed by atoms with Crippen LogP contribution < -0.4 is 14.2 Å². The van der Waals surface area contributed by atoms with Crippen molar-refractivity contribution in [3.8, 4) is 17.2 Å². The smallest absolute Gasteiger partial charge is 0.142 e. The number of ether oxygens (including phenoxy) is 3. The van der Waals surface area contributed by atoms with Crippen LogP contribution in [0.15, 0.2) is 120 Å². The second-order valence-electron chi connectivity index (χ2n) is 8.42. The summed E-state index contributed by atoms with van der Waals surface area (Å²) >= 11 is 0. The van der Waals surface area contributed by atoms with Crippen molar-refractivity contribution in [3.05, 3.63) is 138 Å². The normalized spacial score (nSPS) is 11.6. The molecule has 0 atom stereocenters. The van der Waals surface area contributed by atoms with Crippen LogP contribution in [0.2, 0.25) is 0 Å². The highest BCUT2D eigenvalue weighted by atomic mass is 16.6. The molecule has 0 saturated heterocycles. The molecule has 0 heterocycles. The van der Waals surface area contributed by atoms with Crippen LogP contribution in [0.4, 0.5) is 0 Å². The number of allylic oxidation sites excluding steroid dienone is 2. The summed E-state index contributed by atoms with van der Waals surface area (Å²) in [5, 5.41) is 4.37. The fraction of sp³-hybridized carbons (Fsp3) is 0.121. The number of hydrogen-bond donors (Lipinski definition) is 0. The van der Waals surface area contributed by atoms with Crippen LogP contribution >= 0.6 is 0 Å². The van der Waals surface area contributed by atoms with Gasteiger partial charge in [0.05, 0.1) is 14.2 Å².